The van der Waals surface area contributed by atoms with Crippen molar-refractivity contribution < 1.29 is 46.9 Å². The molecule has 1 aromatic heterocycles. The minimum atomic E-state index is -4.47. The van der Waals surface area contributed by atoms with Crippen molar-refractivity contribution in [2.45, 2.75) is 57.7 Å². The molecule has 0 aliphatic heterocycles. The number of hydrogen-bond acceptors (Lipinski definition) is 9. The zero-order chi connectivity index (χ0) is 35.9. The molecule has 0 unspecified atom stereocenters. The van der Waals surface area contributed by atoms with Crippen molar-refractivity contribution in [2.24, 2.45) is 0 Å². The van der Waals surface area contributed by atoms with E-state index in [1.165, 1.54) is 25.1 Å². The van der Waals surface area contributed by atoms with Crippen LogP contribution in [0.1, 0.15) is 81.4 Å². The molecule has 0 bridgehead atoms. The van der Waals surface area contributed by atoms with E-state index in [0.717, 1.165) is 12.7 Å². The normalized spacial score (nSPS) is 14.2. The average molecular weight is 697 g/mol. The number of alkyl halides is 3. The molecule has 0 radical (unpaired) electrons. The van der Waals surface area contributed by atoms with E-state index in [0.29, 0.717) is 16.8 Å². The second-order valence-electron chi connectivity index (χ2n) is 11.4. The molecule has 8 nitrogen and oxygen atoms in total. The largest absolute Gasteiger partial charge is 0.507 e. The number of ketones is 1. The smallest absolute Gasteiger partial charge is 0.389 e. The highest BCUT2D eigenvalue weighted by molar-refractivity contribution is 7.81. The van der Waals surface area contributed by atoms with Crippen LogP contribution in [0.15, 0.2) is 69.9 Å². The molecule has 4 rings (SSSR count). The molecule has 1 aliphatic rings. The first-order valence-corrected chi connectivity index (χ1v) is 15.8. The van der Waals surface area contributed by atoms with Gasteiger partial charge in [-0.25, -0.2) is 4.79 Å². The lowest BCUT2D eigenvalue weighted by atomic mass is 9.86. The van der Waals surface area contributed by atoms with Gasteiger partial charge in [0.1, 0.15) is 16.9 Å². The molecule has 2 aromatic carbocycles. The summed E-state index contributed by atoms with van der Waals surface area (Å²) < 4.78 is 55.3. The molecule has 12 heteroatoms. The molecule has 49 heavy (non-hydrogen) atoms. The molecule has 3 aromatic rings. The predicted octanol–water partition coefficient (Wildman–Crippen LogP) is 5.87. The molecule has 1 aliphatic carbocycles. The predicted molar refractivity (Wildman–Crippen MR) is 181 cm³/mol. The summed E-state index contributed by atoms with van der Waals surface area (Å²) in [7, 11) is 1.15. The van der Waals surface area contributed by atoms with Crippen LogP contribution in [0.2, 0.25) is 0 Å². The van der Waals surface area contributed by atoms with Crippen LogP contribution in [-0.2, 0) is 11.2 Å². The first-order valence-electron chi connectivity index (χ1n) is 15.3. The number of methoxy groups -OCH3 is 1. The third-order valence-electron chi connectivity index (χ3n) is 7.82. The van der Waals surface area contributed by atoms with Gasteiger partial charge in [0, 0.05) is 29.2 Å². The van der Waals surface area contributed by atoms with Crippen molar-refractivity contribution in [1.29, 1.82) is 0 Å². The van der Waals surface area contributed by atoms with E-state index in [4.69, 9.17) is 26.1 Å². The zero-order valence-corrected chi connectivity index (χ0v) is 27.8. The van der Waals surface area contributed by atoms with Crippen molar-refractivity contribution >= 4 is 41.0 Å². The number of allylic oxidation sites excluding steroid dienone is 2. The number of carbonyl (C=O) groups excluding carboxylic acids is 2. The lowest BCUT2D eigenvalue weighted by molar-refractivity contribution is -0.134. The molecule has 0 fully saturated rings. The van der Waals surface area contributed by atoms with E-state index in [1.54, 1.807) is 48.6 Å². The fraction of sp³-hybridized carbons (Fsp3) is 0.297. The number of aliphatic hydroxyl groups is 1. The standard InChI is InChI=1S/C37H35F3O8S/c1-21-9-8-10-23(19-21)32(42)28(31-34(44)26-13-12-24(49)20-30(26)48-35(31)36(45)46-3)11-6-4-5-7-18-47-29-15-14-25(22(2)41)33(43)27(29)16-17-37(38,39)40/h4-6,8-11,13-15,19-20,28,32,42-43H,7,12,16-18H2,1-3H3/b5-4-,11-6+/t28-,32-/m0/s1. The van der Waals surface area contributed by atoms with Crippen LogP contribution in [-0.4, -0.2) is 46.7 Å². The summed E-state index contributed by atoms with van der Waals surface area (Å²) in [6.07, 6.45) is 2.67. The van der Waals surface area contributed by atoms with E-state index in [9.17, 15) is 37.8 Å². The summed E-state index contributed by atoms with van der Waals surface area (Å²) in [6, 6.07) is 9.73. The lowest BCUT2D eigenvalue weighted by Gasteiger charge is -2.22. The molecular weight excluding hydrogens is 661 g/mol. The molecule has 2 N–H and O–H groups in total. The molecule has 0 amide bonds. The SMILES string of the molecule is COC(=O)c1oc2c(c(=O)c1[C@H](/C=C/C=C\CCOc1ccc(C(C)=O)c(O)c1CCC(F)(F)F)[C@@H](O)c1cccc(C)c1)=CCC(=S)C=2. The summed E-state index contributed by atoms with van der Waals surface area (Å²) in [4.78, 5) is 39.1. The van der Waals surface area contributed by atoms with Gasteiger partial charge in [0.15, 0.2) is 11.2 Å². The number of halogens is 3. The number of aliphatic hydroxyl groups excluding tert-OH is 1. The summed E-state index contributed by atoms with van der Waals surface area (Å²) in [5.74, 6) is -3.33. The number of hydrogen-bond donors (Lipinski definition) is 2. The Hall–Kier alpha value is -4.81. The highest BCUT2D eigenvalue weighted by atomic mass is 32.1. The van der Waals surface area contributed by atoms with Crippen molar-refractivity contribution in [3.63, 3.8) is 0 Å². The molecular formula is C37H35F3O8S. The van der Waals surface area contributed by atoms with Gasteiger partial charge in [0.2, 0.25) is 5.76 Å². The lowest BCUT2D eigenvalue weighted by Crippen LogP contribution is -2.45. The zero-order valence-electron chi connectivity index (χ0n) is 27.0. The minimum Gasteiger partial charge on any atom is -0.507 e. The summed E-state index contributed by atoms with van der Waals surface area (Å²) >= 11 is 5.25. The third-order valence-corrected chi connectivity index (χ3v) is 8.11. The van der Waals surface area contributed by atoms with E-state index in [2.05, 4.69) is 0 Å². The van der Waals surface area contributed by atoms with E-state index in [1.807, 2.05) is 13.0 Å². The summed E-state index contributed by atoms with van der Waals surface area (Å²) in [5.41, 5.74) is 0.682. The molecule has 1 heterocycles. The maximum Gasteiger partial charge on any atom is 0.389 e. The number of ether oxygens (including phenoxy) is 2. The second kappa shape index (κ2) is 16.1. The Labute approximate surface area is 285 Å². The Morgan fingerprint density at radius 2 is 1.92 bits per heavy atom. The van der Waals surface area contributed by atoms with Gasteiger partial charge in [0.05, 0.1) is 36.2 Å². The number of phenolic OH excluding ortho intramolecular Hbond substituents is 1. The number of esters is 1. The summed E-state index contributed by atoms with van der Waals surface area (Å²) in [6.45, 7) is 3.07. The molecule has 0 saturated heterocycles. The number of rotatable bonds is 13. The van der Waals surface area contributed by atoms with Crippen LogP contribution >= 0.6 is 12.2 Å². The van der Waals surface area contributed by atoms with E-state index in [-0.39, 0.29) is 51.9 Å². The Morgan fingerprint density at radius 3 is 2.59 bits per heavy atom. The number of phenols is 1. The van der Waals surface area contributed by atoms with E-state index >= 15 is 0 Å². The third kappa shape index (κ3) is 9.21. The Morgan fingerprint density at radius 1 is 1.16 bits per heavy atom. The van der Waals surface area contributed by atoms with Gasteiger partial charge in [-0.15, -0.1) is 0 Å². The number of thiocarbonyl (C=S) groups is 1. The van der Waals surface area contributed by atoms with Crippen LogP contribution in [0, 0.1) is 6.92 Å². The topological polar surface area (TPSA) is 123 Å². The van der Waals surface area contributed by atoms with Gasteiger partial charge in [-0.3, -0.25) is 9.59 Å². The van der Waals surface area contributed by atoms with Gasteiger partial charge in [-0.1, -0.05) is 72.4 Å². The first-order chi connectivity index (χ1) is 23.2. The summed E-state index contributed by atoms with van der Waals surface area (Å²) in [5, 5.41) is 22.3. The van der Waals surface area contributed by atoms with Crippen LogP contribution < -0.4 is 20.8 Å². The maximum absolute atomic E-state index is 13.9. The first kappa shape index (κ1) is 37.0. The monoisotopic (exact) mass is 696 g/mol. The number of aryl methyl sites for hydroxylation is 1. The minimum absolute atomic E-state index is 0.0205. The second-order valence-corrected chi connectivity index (χ2v) is 11.9. The fourth-order valence-electron chi connectivity index (χ4n) is 5.40. The highest BCUT2D eigenvalue weighted by Crippen LogP contribution is 2.36. The molecule has 0 saturated carbocycles. The van der Waals surface area contributed by atoms with Crippen LogP contribution in [0.25, 0.3) is 12.2 Å². The maximum atomic E-state index is 13.9. The van der Waals surface area contributed by atoms with Crippen molar-refractivity contribution in [2.75, 3.05) is 13.7 Å². The number of carbonyl (C=O) groups is 2. The number of aromatic hydroxyl groups is 1. The van der Waals surface area contributed by atoms with Gasteiger partial charge in [-0.05, 0) is 50.5 Å². The quantitative estimate of drug-likeness (QED) is 0.0743. The molecule has 2 atom stereocenters. The molecule has 0 spiro atoms. The van der Waals surface area contributed by atoms with Crippen molar-refractivity contribution in [3.05, 3.63) is 115 Å². The highest BCUT2D eigenvalue weighted by Gasteiger charge is 2.32. The number of fused-ring (bicyclic) bond motifs is 1. The van der Waals surface area contributed by atoms with Crippen molar-refractivity contribution in [1.82, 2.24) is 0 Å². The van der Waals surface area contributed by atoms with Crippen molar-refractivity contribution in [3.8, 4) is 11.5 Å². The Balaban J connectivity index is 1.62. The Bertz CT molecular complexity index is 1990. The van der Waals surface area contributed by atoms with Crippen LogP contribution in [0.5, 0.6) is 11.5 Å². The van der Waals surface area contributed by atoms with Gasteiger partial charge >= 0.3 is 12.1 Å². The van der Waals surface area contributed by atoms with Crippen LogP contribution in [0.4, 0.5) is 13.2 Å². The van der Waals surface area contributed by atoms with Gasteiger partial charge in [0.25, 0.3) is 0 Å². The average Bonchev–Trinajstić information content (AvgIpc) is 3.04. The fourth-order valence-corrected chi connectivity index (χ4v) is 5.59. The van der Waals surface area contributed by atoms with Gasteiger partial charge < -0.3 is 24.1 Å². The number of Topliss-reactive ketones (excluding diaryl/α,β-unsaturated/α-hetero) is 1. The van der Waals surface area contributed by atoms with E-state index < -0.39 is 54.0 Å². The Kier molecular flexibility index (Phi) is 12.1. The number of benzene rings is 2. The van der Waals surface area contributed by atoms with Crippen LogP contribution in [0.3, 0.4) is 0 Å². The van der Waals surface area contributed by atoms with Gasteiger partial charge in [-0.2, -0.15) is 13.2 Å². The molecule has 258 valence electrons.